The Morgan fingerprint density at radius 3 is 2.68 bits per heavy atom. The minimum atomic E-state index is -4.68. The number of anilines is 1. The Morgan fingerprint density at radius 1 is 1.42 bits per heavy atom. The average molecular weight is 338 g/mol. The highest BCUT2D eigenvalue weighted by Crippen LogP contribution is 2.36. The average Bonchev–Trinajstić information content (AvgIpc) is 3.03. The zero-order chi connectivity index (χ0) is 14.0. The lowest BCUT2D eigenvalue weighted by atomic mass is 10.1. The SMILES string of the molecule is CC(CC1CC1)Nc1ccc(Br)cc1OC(F)(F)F. The first-order valence-electron chi connectivity index (χ1n) is 6.15. The number of halogens is 4. The van der Waals surface area contributed by atoms with Gasteiger partial charge in [-0.25, -0.2) is 0 Å². The predicted molar refractivity (Wildman–Crippen MR) is 71.3 cm³/mol. The van der Waals surface area contributed by atoms with Gasteiger partial charge in [-0.1, -0.05) is 28.8 Å². The lowest BCUT2D eigenvalue weighted by molar-refractivity contribution is -0.274. The minimum absolute atomic E-state index is 0.129. The number of nitrogens with one attached hydrogen (secondary N) is 1. The fourth-order valence-electron chi connectivity index (χ4n) is 2.00. The topological polar surface area (TPSA) is 21.3 Å². The van der Waals surface area contributed by atoms with Crippen molar-refractivity contribution in [2.45, 2.75) is 38.6 Å². The van der Waals surface area contributed by atoms with Crippen molar-refractivity contribution in [1.82, 2.24) is 0 Å². The van der Waals surface area contributed by atoms with Gasteiger partial charge >= 0.3 is 6.36 Å². The Labute approximate surface area is 118 Å². The van der Waals surface area contributed by atoms with E-state index in [-0.39, 0.29) is 11.8 Å². The van der Waals surface area contributed by atoms with Crippen molar-refractivity contribution in [3.05, 3.63) is 22.7 Å². The third-order valence-electron chi connectivity index (χ3n) is 2.96. The van der Waals surface area contributed by atoms with E-state index in [1.165, 1.54) is 18.9 Å². The molecule has 2 nitrogen and oxygen atoms in total. The fraction of sp³-hybridized carbons (Fsp3) is 0.538. The summed E-state index contributed by atoms with van der Waals surface area (Å²) in [4.78, 5) is 0. The molecule has 0 spiro atoms. The molecule has 1 unspecified atom stereocenters. The molecule has 0 radical (unpaired) electrons. The van der Waals surface area contributed by atoms with Gasteiger partial charge in [-0.3, -0.25) is 0 Å². The molecule has 0 amide bonds. The highest BCUT2D eigenvalue weighted by molar-refractivity contribution is 9.10. The number of ether oxygens (including phenoxy) is 1. The van der Waals surface area contributed by atoms with Gasteiger partial charge in [0.1, 0.15) is 0 Å². The molecule has 0 aromatic heterocycles. The van der Waals surface area contributed by atoms with Crippen LogP contribution in [0.1, 0.15) is 26.2 Å². The largest absolute Gasteiger partial charge is 0.573 e. The maximum atomic E-state index is 12.3. The number of rotatable bonds is 5. The molecule has 6 heteroatoms. The molecule has 1 saturated carbocycles. The van der Waals surface area contributed by atoms with Crippen molar-refractivity contribution in [2.75, 3.05) is 5.32 Å². The van der Waals surface area contributed by atoms with Crippen LogP contribution in [0.25, 0.3) is 0 Å². The van der Waals surface area contributed by atoms with Gasteiger partial charge in [-0.2, -0.15) is 0 Å². The van der Waals surface area contributed by atoms with Gasteiger partial charge in [0, 0.05) is 10.5 Å². The number of hydrogen-bond donors (Lipinski definition) is 1. The van der Waals surface area contributed by atoms with Crippen molar-refractivity contribution in [3.63, 3.8) is 0 Å². The molecule has 1 aromatic rings. The van der Waals surface area contributed by atoms with Gasteiger partial charge in [0.2, 0.25) is 0 Å². The molecule has 2 rings (SSSR count). The van der Waals surface area contributed by atoms with Crippen LogP contribution < -0.4 is 10.1 Å². The molecule has 1 aromatic carbocycles. The molecule has 106 valence electrons. The van der Waals surface area contributed by atoms with Crippen molar-refractivity contribution in [2.24, 2.45) is 5.92 Å². The quantitative estimate of drug-likeness (QED) is 0.820. The van der Waals surface area contributed by atoms with Crippen LogP contribution in [0.3, 0.4) is 0 Å². The summed E-state index contributed by atoms with van der Waals surface area (Å²) < 4.78 is 41.6. The fourth-order valence-corrected chi connectivity index (χ4v) is 2.34. The third kappa shape index (κ3) is 4.93. The van der Waals surface area contributed by atoms with Gasteiger partial charge in [0.05, 0.1) is 5.69 Å². The molecule has 1 aliphatic rings. The van der Waals surface area contributed by atoms with Crippen LogP contribution in [0.5, 0.6) is 5.75 Å². The molecule has 1 atom stereocenters. The Hall–Kier alpha value is -0.910. The zero-order valence-corrected chi connectivity index (χ0v) is 12.0. The molecular formula is C13H15BrF3NO. The summed E-state index contributed by atoms with van der Waals surface area (Å²) in [6.07, 6.45) is -1.27. The van der Waals surface area contributed by atoms with E-state index in [4.69, 9.17) is 0 Å². The Balaban J connectivity index is 2.08. The summed E-state index contributed by atoms with van der Waals surface area (Å²) in [6, 6.07) is 4.73. The summed E-state index contributed by atoms with van der Waals surface area (Å²) in [6.45, 7) is 1.97. The zero-order valence-electron chi connectivity index (χ0n) is 10.4. The first-order chi connectivity index (χ1) is 8.83. The van der Waals surface area contributed by atoms with Gasteiger partial charge in [-0.15, -0.1) is 13.2 Å². The van der Waals surface area contributed by atoms with Crippen molar-refractivity contribution in [1.29, 1.82) is 0 Å². The lowest BCUT2D eigenvalue weighted by Crippen LogP contribution is -2.20. The molecule has 0 bridgehead atoms. The van der Waals surface area contributed by atoms with E-state index in [2.05, 4.69) is 26.0 Å². The molecule has 1 N–H and O–H groups in total. The molecule has 0 saturated heterocycles. The monoisotopic (exact) mass is 337 g/mol. The van der Waals surface area contributed by atoms with Crippen LogP contribution in [0, 0.1) is 5.92 Å². The Kier molecular flexibility index (Phi) is 4.28. The maximum Gasteiger partial charge on any atom is 0.573 e. The molecular weight excluding hydrogens is 323 g/mol. The van der Waals surface area contributed by atoms with E-state index in [0.717, 1.165) is 6.42 Å². The maximum absolute atomic E-state index is 12.3. The van der Waals surface area contributed by atoms with Crippen LogP contribution in [0.15, 0.2) is 22.7 Å². The molecule has 19 heavy (non-hydrogen) atoms. The lowest BCUT2D eigenvalue weighted by Gasteiger charge is -2.19. The van der Waals surface area contributed by atoms with Crippen LogP contribution in [-0.2, 0) is 0 Å². The van der Waals surface area contributed by atoms with Crippen molar-refractivity contribution >= 4 is 21.6 Å². The number of alkyl halides is 3. The van der Waals surface area contributed by atoms with Crippen LogP contribution >= 0.6 is 15.9 Å². The Morgan fingerprint density at radius 2 is 2.11 bits per heavy atom. The molecule has 0 aliphatic heterocycles. The van der Waals surface area contributed by atoms with E-state index in [0.29, 0.717) is 16.1 Å². The summed E-state index contributed by atoms with van der Waals surface area (Å²) in [5.74, 6) is 0.509. The number of benzene rings is 1. The highest BCUT2D eigenvalue weighted by atomic mass is 79.9. The first kappa shape index (κ1) is 14.5. The summed E-state index contributed by atoms with van der Waals surface area (Å²) in [5.41, 5.74) is 0.369. The highest BCUT2D eigenvalue weighted by Gasteiger charge is 2.32. The molecule has 1 aliphatic carbocycles. The van der Waals surface area contributed by atoms with E-state index >= 15 is 0 Å². The second-order valence-electron chi connectivity index (χ2n) is 4.91. The van der Waals surface area contributed by atoms with Crippen LogP contribution in [0.4, 0.5) is 18.9 Å². The second kappa shape index (κ2) is 5.61. The standard InChI is InChI=1S/C13H15BrF3NO/c1-8(6-9-2-3-9)18-11-5-4-10(14)7-12(11)19-13(15,16)17/h4-5,7-9,18H,2-3,6H2,1H3. The van der Waals surface area contributed by atoms with Gasteiger partial charge in [0.25, 0.3) is 0 Å². The van der Waals surface area contributed by atoms with Crippen molar-refractivity contribution < 1.29 is 17.9 Å². The van der Waals surface area contributed by atoms with E-state index < -0.39 is 6.36 Å². The smallest absolute Gasteiger partial charge is 0.404 e. The van der Waals surface area contributed by atoms with E-state index in [9.17, 15) is 13.2 Å². The second-order valence-corrected chi connectivity index (χ2v) is 5.83. The van der Waals surface area contributed by atoms with Gasteiger partial charge in [0.15, 0.2) is 5.75 Å². The molecule has 1 fully saturated rings. The predicted octanol–water partition coefficient (Wildman–Crippen LogP) is 4.95. The third-order valence-corrected chi connectivity index (χ3v) is 3.45. The Bertz CT molecular complexity index is 446. The van der Waals surface area contributed by atoms with Crippen molar-refractivity contribution in [3.8, 4) is 5.75 Å². The van der Waals surface area contributed by atoms with Crippen LogP contribution in [-0.4, -0.2) is 12.4 Å². The summed E-state index contributed by atoms with van der Waals surface area (Å²) in [5, 5.41) is 3.09. The summed E-state index contributed by atoms with van der Waals surface area (Å²) >= 11 is 3.15. The first-order valence-corrected chi connectivity index (χ1v) is 6.94. The van der Waals surface area contributed by atoms with Crippen LogP contribution in [0.2, 0.25) is 0 Å². The van der Waals surface area contributed by atoms with E-state index in [1.807, 2.05) is 6.92 Å². The summed E-state index contributed by atoms with van der Waals surface area (Å²) in [7, 11) is 0. The molecule has 0 heterocycles. The normalized spacial score (nSPS) is 17.1. The minimum Gasteiger partial charge on any atom is -0.404 e. The number of hydrogen-bond acceptors (Lipinski definition) is 2. The van der Waals surface area contributed by atoms with Gasteiger partial charge in [-0.05, 0) is 37.5 Å². The van der Waals surface area contributed by atoms with Gasteiger partial charge < -0.3 is 10.1 Å². The van der Waals surface area contributed by atoms with E-state index in [1.54, 1.807) is 12.1 Å².